The van der Waals surface area contributed by atoms with E-state index >= 15 is 0 Å². The number of benzene rings is 1. The molecule has 0 aliphatic rings. The van der Waals surface area contributed by atoms with E-state index in [9.17, 15) is 0 Å². The summed E-state index contributed by atoms with van der Waals surface area (Å²) >= 11 is 12.2. The molecule has 1 aromatic carbocycles. The number of halogens is 2. The number of rotatable bonds is 6. The number of fused-ring (bicyclic) bond motifs is 1. The lowest BCUT2D eigenvalue weighted by molar-refractivity contribution is 0.556. The second-order valence-electron chi connectivity index (χ2n) is 5.53. The SMILES string of the molecule is CC(C)Cc1nc2cc(Cl)c(Cl)cc2n1CCCCN. The topological polar surface area (TPSA) is 43.8 Å². The Balaban J connectivity index is 2.44. The lowest BCUT2D eigenvalue weighted by Gasteiger charge is -2.10. The van der Waals surface area contributed by atoms with E-state index in [0.717, 1.165) is 49.2 Å². The van der Waals surface area contributed by atoms with Gasteiger partial charge >= 0.3 is 0 Å². The maximum absolute atomic E-state index is 6.14. The van der Waals surface area contributed by atoms with Crippen LogP contribution in [0.1, 0.15) is 32.5 Å². The molecule has 2 aromatic rings. The van der Waals surface area contributed by atoms with Gasteiger partial charge in [0.15, 0.2) is 0 Å². The number of nitrogens with two attached hydrogens (primary N) is 1. The van der Waals surface area contributed by atoms with E-state index in [1.54, 1.807) is 0 Å². The predicted octanol–water partition coefficient (Wildman–Crippen LogP) is 4.28. The number of hydrogen-bond donors (Lipinski definition) is 1. The van der Waals surface area contributed by atoms with Gasteiger partial charge in [0, 0.05) is 13.0 Å². The highest BCUT2D eigenvalue weighted by molar-refractivity contribution is 6.42. The van der Waals surface area contributed by atoms with Crippen LogP contribution in [0.15, 0.2) is 12.1 Å². The Labute approximate surface area is 130 Å². The Hall–Kier alpha value is -0.770. The fourth-order valence-corrected chi connectivity index (χ4v) is 2.67. The molecule has 0 spiro atoms. The first-order valence-corrected chi connectivity index (χ1v) is 7.82. The van der Waals surface area contributed by atoms with Gasteiger partial charge in [-0.2, -0.15) is 0 Å². The van der Waals surface area contributed by atoms with Crippen molar-refractivity contribution in [2.45, 2.75) is 39.7 Å². The van der Waals surface area contributed by atoms with Crippen LogP contribution in [0, 0.1) is 5.92 Å². The normalized spacial score (nSPS) is 11.7. The summed E-state index contributed by atoms with van der Waals surface area (Å²) in [5.74, 6) is 1.66. The van der Waals surface area contributed by atoms with E-state index < -0.39 is 0 Å². The van der Waals surface area contributed by atoms with Gasteiger partial charge in [-0.15, -0.1) is 0 Å². The summed E-state index contributed by atoms with van der Waals surface area (Å²) < 4.78 is 2.26. The number of aryl methyl sites for hydroxylation is 1. The summed E-state index contributed by atoms with van der Waals surface area (Å²) in [6.45, 7) is 6.04. The Bertz CT molecular complexity index is 590. The molecule has 2 N–H and O–H groups in total. The summed E-state index contributed by atoms with van der Waals surface area (Å²) in [5, 5.41) is 1.14. The maximum Gasteiger partial charge on any atom is 0.110 e. The van der Waals surface area contributed by atoms with Crippen LogP contribution in [-0.4, -0.2) is 16.1 Å². The van der Waals surface area contributed by atoms with Crippen molar-refractivity contribution in [1.82, 2.24) is 9.55 Å². The highest BCUT2D eigenvalue weighted by Crippen LogP contribution is 2.29. The molecule has 1 aromatic heterocycles. The highest BCUT2D eigenvalue weighted by atomic mass is 35.5. The molecule has 2 rings (SSSR count). The third-order valence-electron chi connectivity index (χ3n) is 3.30. The molecule has 0 aliphatic carbocycles. The average molecular weight is 314 g/mol. The van der Waals surface area contributed by atoms with E-state index in [0.29, 0.717) is 16.0 Å². The van der Waals surface area contributed by atoms with Crippen LogP contribution < -0.4 is 5.73 Å². The van der Waals surface area contributed by atoms with Crippen molar-refractivity contribution in [3.63, 3.8) is 0 Å². The molecule has 0 saturated carbocycles. The summed E-state index contributed by atoms with van der Waals surface area (Å²) in [6, 6.07) is 3.76. The molecule has 20 heavy (non-hydrogen) atoms. The lowest BCUT2D eigenvalue weighted by Crippen LogP contribution is -2.08. The summed E-state index contributed by atoms with van der Waals surface area (Å²) in [4.78, 5) is 4.72. The minimum absolute atomic E-state index is 0.557. The number of nitrogens with zero attached hydrogens (tertiary/aromatic N) is 2. The van der Waals surface area contributed by atoms with Gasteiger partial charge in [-0.1, -0.05) is 37.0 Å². The van der Waals surface area contributed by atoms with E-state index in [1.807, 2.05) is 12.1 Å². The van der Waals surface area contributed by atoms with Gasteiger partial charge < -0.3 is 10.3 Å². The Morgan fingerprint density at radius 2 is 1.90 bits per heavy atom. The van der Waals surface area contributed by atoms with Gasteiger partial charge in [0.05, 0.1) is 21.1 Å². The molecular weight excluding hydrogens is 293 g/mol. The minimum Gasteiger partial charge on any atom is -0.330 e. The summed E-state index contributed by atoms with van der Waals surface area (Å²) in [5.41, 5.74) is 7.56. The number of imidazole rings is 1. The molecule has 0 radical (unpaired) electrons. The van der Waals surface area contributed by atoms with Crippen molar-refractivity contribution in [3.05, 3.63) is 28.0 Å². The van der Waals surface area contributed by atoms with Crippen molar-refractivity contribution >= 4 is 34.2 Å². The van der Waals surface area contributed by atoms with Crippen molar-refractivity contribution in [1.29, 1.82) is 0 Å². The third kappa shape index (κ3) is 3.46. The molecule has 0 saturated heterocycles. The van der Waals surface area contributed by atoms with Crippen LogP contribution in [0.3, 0.4) is 0 Å². The van der Waals surface area contributed by atoms with E-state index in [1.165, 1.54) is 0 Å². The Morgan fingerprint density at radius 3 is 2.55 bits per heavy atom. The molecule has 0 fully saturated rings. The zero-order valence-electron chi connectivity index (χ0n) is 12.0. The van der Waals surface area contributed by atoms with Gasteiger partial charge in [-0.25, -0.2) is 4.98 Å². The average Bonchev–Trinajstić information content (AvgIpc) is 2.67. The molecule has 0 unspecified atom stereocenters. The maximum atomic E-state index is 6.14. The molecule has 0 atom stereocenters. The zero-order chi connectivity index (χ0) is 14.7. The zero-order valence-corrected chi connectivity index (χ0v) is 13.5. The smallest absolute Gasteiger partial charge is 0.110 e. The van der Waals surface area contributed by atoms with Gasteiger partial charge in [-0.3, -0.25) is 0 Å². The number of unbranched alkanes of at least 4 members (excludes halogenated alkanes) is 1. The molecule has 110 valence electrons. The number of hydrogen-bond acceptors (Lipinski definition) is 2. The monoisotopic (exact) mass is 313 g/mol. The third-order valence-corrected chi connectivity index (χ3v) is 4.02. The number of aromatic nitrogens is 2. The summed E-state index contributed by atoms with van der Waals surface area (Å²) in [7, 11) is 0. The van der Waals surface area contributed by atoms with E-state index in [2.05, 4.69) is 18.4 Å². The standard InChI is InChI=1S/C15H21Cl2N3/c1-10(2)7-15-19-13-8-11(16)12(17)9-14(13)20(15)6-4-3-5-18/h8-10H,3-7,18H2,1-2H3. The minimum atomic E-state index is 0.557. The quantitative estimate of drug-likeness (QED) is 0.809. The first-order chi connectivity index (χ1) is 9.52. The van der Waals surface area contributed by atoms with Crippen molar-refractivity contribution in [3.8, 4) is 0 Å². The van der Waals surface area contributed by atoms with E-state index in [4.69, 9.17) is 33.9 Å². The largest absolute Gasteiger partial charge is 0.330 e. The first kappa shape index (κ1) is 15.6. The van der Waals surface area contributed by atoms with Crippen LogP contribution in [-0.2, 0) is 13.0 Å². The molecule has 0 amide bonds. The lowest BCUT2D eigenvalue weighted by atomic mass is 10.1. The first-order valence-electron chi connectivity index (χ1n) is 7.07. The van der Waals surface area contributed by atoms with Crippen molar-refractivity contribution < 1.29 is 0 Å². The van der Waals surface area contributed by atoms with Gasteiger partial charge in [0.2, 0.25) is 0 Å². The summed E-state index contributed by atoms with van der Waals surface area (Å²) in [6.07, 6.45) is 3.02. The van der Waals surface area contributed by atoms with Gasteiger partial charge in [-0.05, 0) is 37.4 Å². The molecule has 5 heteroatoms. The second kappa shape index (κ2) is 6.79. The van der Waals surface area contributed by atoms with Crippen molar-refractivity contribution in [2.24, 2.45) is 11.7 Å². The van der Waals surface area contributed by atoms with Crippen LogP contribution in [0.25, 0.3) is 11.0 Å². The van der Waals surface area contributed by atoms with Crippen molar-refractivity contribution in [2.75, 3.05) is 6.54 Å². The predicted molar refractivity (Wildman–Crippen MR) is 86.6 cm³/mol. The molecule has 0 bridgehead atoms. The van der Waals surface area contributed by atoms with Gasteiger partial charge in [0.1, 0.15) is 5.82 Å². The highest BCUT2D eigenvalue weighted by Gasteiger charge is 2.13. The Morgan fingerprint density at radius 1 is 1.20 bits per heavy atom. The van der Waals surface area contributed by atoms with Crippen LogP contribution in [0.5, 0.6) is 0 Å². The molecule has 0 aliphatic heterocycles. The molecule has 3 nitrogen and oxygen atoms in total. The Kier molecular flexibility index (Phi) is 5.30. The van der Waals surface area contributed by atoms with Crippen LogP contribution in [0.2, 0.25) is 10.0 Å². The van der Waals surface area contributed by atoms with Gasteiger partial charge in [0.25, 0.3) is 0 Å². The molecular formula is C15H21Cl2N3. The van der Waals surface area contributed by atoms with E-state index in [-0.39, 0.29) is 0 Å². The fraction of sp³-hybridized carbons (Fsp3) is 0.533. The van der Waals surface area contributed by atoms with Crippen LogP contribution >= 0.6 is 23.2 Å². The van der Waals surface area contributed by atoms with Crippen LogP contribution in [0.4, 0.5) is 0 Å². The molecule has 1 heterocycles. The second-order valence-corrected chi connectivity index (χ2v) is 6.34. The fourth-order valence-electron chi connectivity index (χ4n) is 2.35.